The minimum absolute atomic E-state index is 0.161. The summed E-state index contributed by atoms with van der Waals surface area (Å²) in [5.74, 6) is -0.226. The Kier molecular flexibility index (Phi) is 6.97. The molecule has 0 heterocycles. The van der Waals surface area contributed by atoms with Crippen LogP contribution in [-0.2, 0) is 9.59 Å². The molecule has 126 valence electrons. The van der Waals surface area contributed by atoms with Gasteiger partial charge in [-0.05, 0) is 37.3 Å². The van der Waals surface area contributed by atoms with Gasteiger partial charge in [-0.15, -0.1) is 11.8 Å². The molecule has 0 aliphatic heterocycles. The number of rotatable bonds is 6. The number of thioether (sulfide) groups is 1. The second-order valence-corrected chi connectivity index (χ2v) is 7.15. The first kappa shape index (κ1) is 18.6. The molecular formula is C17H16Cl2N2O2S. The molecule has 0 radical (unpaired) electrons. The Morgan fingerprint density at radius 2 is 1.79 bits per heavy atom. The van der Waals surface area contributed by atoms with Gasteiger partial charge in [0, 0.05) is 10.7 Å². The number of para-hydroxylation sites is 1. The summed E-state index contributed by atoms with van der Waals surface area (Å²) in [5.41, 5.74) is 1.18. The molecule has 2 aromatic rings. The van der Waals surface area contributed by atoms with Gasteiger partial charge < -0.3 is 10.6 Å². The van der Waals surface area contributed by atoms with E-state index in [1.54, 1.807) is 37.3 Å². The van der Waals surface area contributed by atoms with Gasteiger partial charge in [0.15, 0.2) is 0 Å². The molecule has 0 saturated heterocycles. The molecule has 0 unspecified atom stereocenters. The van der Waals surface area contributed by atoms with E-state index in [2.05, 4.69) is 10.6 Å². The van der Waals surface area contributed by atoms with Gasteiger partial charge in [-0.25, -0.2) is 0 Å². The molecule has 0 saturated carbocycles. The summed E-state index contributed by atoms with van der Waals surface area (Å²) in [6.07, 6.45) is 0. The molecule has 0 aliphatic rings. The van der Waals surface area contributed by atoms with Crippen molar-refractivity contribution >= 4 is 58.2 Å². The van der Waals surface area contributed by atoms with Crippen molar-refractivity contribution in [2.75, 3.05) is 16.4 Å². The topological polar surface area (TPSA) is 58.2 Å². The molecule has 24 heavy (non-hydrogen) atoms. The van der Waals surface area contributed by atoms with Crippen molar-refractivity contribution in [2.45, 2.75) is 12.2 Å². The third-order valence-corrected chi connectivity index (χ3v) is 4.79. The van der Waals surface area contributed by atoms with E-state index in [0.29, 0.717) is 15.7 Å². The fourth-order valence-electron chi connectivity index (χ4n) is 1.82. The van der Waals surface area contributed by atoms with Crippen LogP contribution in [0.3, 0.4) is 0 Å². The van der Waals surface area contributed by atoms with Crippen molar-refractivity contribution in [3.05, 3.63) is 58.6 Å². The highest BCUT2D eigenvalue weighted by atomic mass is 35.5. The number of anilines is 2. The monoisotopic (exact) mass is 382 g/mol. The van der Waals surface area contributed by atoms with Crippen molar-refractivity contribution in [1.29, 1.82) is 0 Å². The SMILES string of the molecule is C[C@@H](SCC(=O)Nc1ccccc1)C(=O)Nc1cc(Cl)ccc1Cl. The fraction of sp³-hybridized carbons (Fsp3) is 0.176. The predicted molar refractivity (Wildman–Crippen MR) is 102 cm³/mol. The van der Waals surface area contributed by atoms with Gasteiger partial charge in [-0.2, -0.15) is 0 Å². The largest absolute Gasteiger partial charge is 0.325 e. The molecular weight excluding hydrogens is 367 g/mol. The fourth-order valence-corrected chi connectivity index (χ4v) is 2.84. The van der Waals surface area contributed by atoms with Crippen molar-refractivity contribution < 1.29 is 9.59 Å². The Balaban J connectivity index is 1.83. The van der Waals surface area contributed by atoms with Crippen molar-refractivity contribution in [2.24, 2.45) is 0 Å². The molecule has 2 aromatic carbocycles. The summed E-state index contributed by atoms with van der Waals surface area (Å²) in [5, 5.41) is 5.97. The predicted octanol–water partition coefficient (Wildman–Crippen LogP) is 4.69. The molecule has 0 fully saturated rings. The van der Waals surface area contributed by atoms with E-state index in [4.69, 9.17) is 23.2 Å². The number of carbonyl (C=O) groups excluding carboxylic acids is 2. The van der Waals surface area contributed by atoms with Crippen LogP contribution in [0.4, 0.5) is 11.4 Å². The zero-order valence-corrected chi connectivity index (χ0v) is 15.2. The van der Waals surface area contributed by atoms with Crippen LogP contribution in [0.1, 0.15) is 6.92 Å². The summed E-state index contributed by atoms with van der Waals surface area (Å²) < 4.78 is 0. The summed E-state index contributed by atoms with van der Waals surface area (Å²) in [4.78, 5) is 24.1. The van der Waals surface area contributed by atoms with Crippen LogP contribution >= 0.6 is 35.0 Å². The molecule has 7 heteroatoms. The van der Waals surface area contributed by atoms with E-state index in [-0.39, 0.29) is 17.6 Å². The maximum absolute atomic E-state index is 12.2. The Labute approximate surface area is 154 Å². The summed E-state index contributed by atoms with van der Waals surface area (Å²) in [6, 6.07) is 14.0. The molecule has 2 amide bonds. The van der Waals surface area contributed by atoms with Gasteiger partial charge in [-0.1, -0.05) is 41.4 Å². The summed E-state index contributed by atoms with van der Waals surface area (Å²) in [6.45, 7) is 1.73. The van der Waals surface area contributed by atoms with Crippen LogP contribution in [0.15, 0.2) is 48.5 Å². The average molecular weight is 383 g/mol. The zero-order chi connectivity index (χ0) is 17.5. The van der Waals surface area contributed by atoms with E-state index >= 15 is 0 Å². The van der Waals surface area contributed by atoms with E-state index < -0.39 is 5.25 Å². The highest BCUT2D eigenvalue weighted by Crippen LogP contribution is 2.26. The van der Waals surface area contributed by atoms with Gasteiger partial charge in [0.05, 0.1) is 21.7 Å². The lowest BCUT2D eigenvalue weighted by Crippen LogP contribution is -2.25. The maximum atomic E-state index is 12.2. The minimum atomic E-state index is -0.415. The molecule has 0 aromatic heterocycles. The number of nitrogens with one attached hydrogen (secondary N) is 2. The van der Waals surface area contributed by atoms with Crippen LogP contribution in [0.25, 0.3) is 0 Å². The smallest absolute Gasteiger partial charge is 0.237 e. The number of halogens is 2. The molecule has 2 rings (SSSR count). The van der Waals surface area contributed by atoms with Crippen LogP contribution < -0.4 is 10.6 Å². The molecule has 1 atom stereocenters. The van der Waals surface area contributed by atoms with Gasteiger partial charge in [0.25, 0.3) is 0 Å². The second-order valence-electron chi connectivity index (χ2n) is 4.98. The number of hydrogen-bond acceptors (Lipinski definition) is 3. The number of carbonyl (C=O) groups is 2. The number of benzene rings is 2. The van der Waals surface area contributed by atoms with E-state index in [9.17, 15) is 9.59 Å². The lowest BCUT2D eigenvalue weighted by Gasteiger charge is -2.13. The molecule has 0 bridgehead atoms. The third kappa shape index (κ3) is 5.74. The standard InChI is InChI=1S/C17H16Cl2N2O2S/c1-11(17(23)21-15-9-12(18)7-8-14(15)19)24-10-16(22)20-13-5-3-2-4-6-13/h2-9,11H,10H2,1H3,(H,20,22)(H,21,23)/t11-/m1/s1. The zero-order valence-electron chi connectivity index (χ0n) is 12.9. The van der Waals surface area contributed by atoms with E-state index in [1.165, 1.54) is 11.8 Å². The van der Waals surface area contributed by atoms with Crippen molar-refractivity contribution in [3.63, 3.8) is 0 Å². The Hall–Kier alpha value is -1.69. The van der Waals surface area contributed by atoms with Gasteiger partial charge in [-0.3, -0.25) is 9.59 Å². The van der Waals surface area contributed by atoms with Crippen molar-refractivity contribution in [1.82, 2.24) is 0 Å². The molecule has 0 spiro atoms. The Bertz CT molecular complexity index is 726. The quantitative estimate of drug-likeness (QED) is 0.761. The third-order valence-electron chi connectivity index (χ3n) is 3.08. The normalized spacial score (nSPS) is 11.6. The Morgan fingerprint density at radius 1 is 1.08 bits per heavy atom. The molecule has 4 nitrogen and oxygen atoms in total. The van der Waals surface area contributed by atoms with Crippen LogP contribution in [0, 0.1) is 0 Å². The second kappa shape index (κ2) is 8.97. The van der Waals surface area contributed by atoms with Crippen LogP contribution in [-0.4, -0.2) is 22.8 Å². The van der Waals surface area contributed by atoms with Gasteiger partial charge in [0.2, 0.25) is 11.8 Å². The maximum Gasteiger partial charge on any atom is 0.237 e. The lowest BCUT2D eigenvalue weighted by atomic mass is 10.3. The highest BCUT2D eigenvalue weighted by Gasteiger charge is 2.16. The lowest BCUT2D eigenvalue weighted by molar-refractivity contribution is -0.115. The highest BCUT2D eigenvalue weighted by molar-refractivity contribution is 8.01. The molecule has 0 aliphatic carbocycles. The Morgan fingerprint density at radius 3 is 2.50 bits per heavy atom. The average Bonchev–Trinajstić information content (AvgIpc) is 2.57. The van der Waals surface area contributed by atoms with Crippen molar-refractivity contribution in [3.8, 4) is 0 Å². The summed E-state index contributed by atoms with van der Waals surface area (Å²) in [7, 11) is 0. The first-order valence-corrected chi connectivity index (χ1v) is 8.98. The first-order valence-electron chi connectivity index (χ1n) is 7.18. The van der Waals surface area contributed by atoms with E-state index in [1.807, 2.05) is 18.2 Å². The first-order chi connectivity index (χ1) is 11.5. The van der Waals surface area contributed by atoms with Gasteiger partial charge >= 0.3 is 0 Å². The van der Waals surface area contributed by atoms with Gasteiger partial charge in [0.1, 0.15) is 0 Å². The number of amides is 2. The number of hydrogen-bond donors (Lipinski definition) is 2. The van der Waals surface area contributed by atoms with Crippen LogP contribution in [0.2, 0.25) is 10.0 Å². The molecule has 2 N–H and O–H groups in total. The van der Waals surface area contributed by atoms with Crippen LogP contribution in [0.5, 0.6) is 0 Å². The minimum Gasteiger partial charge on any atom is -0.325 e. The summed E-state index contributed by atoms with van der Waals surface area (Å²) >= 11 is 13.2. The van der Waals surface area contributed by atoms with E-state index in [0.717, 1.165) is 5.69 Å².